The standard InChI is InChI=1S/C9H12N2O/c1-3-10-9-7(2)4-5-8(6-12)11-9/h4-6H,3H2,1-2H3,(H,10,11). The maximum absolute atomic E-state index is 10.4. The smallest absolute Gasteiger partial charge is 0.168 e. The van der Waals surface area contributed by atoms with E-state index in [2.05, 4.69) is 10.3 Å². The molecule has 12 heavy (non-hydrogen) atoms. The summed E-state index contributed by atoms with van der Waals surface area (Å²) in [6.45, 7) is 4.77. The molecule has 0 aromatic carbocycles. The van der Waals surface area contributed by atoms with Gasteiger partial charge in [0.25, 0.3) is 0 Å². The minimum atomic E-state index is 0.469. The number of aromatic nitrogens is 1. The van der Waals surface area contributed by atoms with Crippen molar-refractivity contribution in [2.75, 3.05) is 11.9 Å². The fourth-order valence-electron chi connectivity index (χ4n) is 0.956. The van der Waals surface area contributed by atoms with E-state index >= 15 is 0 Å². The lowest BCUT2D eigenvalue weighted by Crippen LogP contribution is -2.02. The van der Waals surface area contributed by atoms with Crippen LogP contribution < -0.4 is 5.32 Å². The lowest BCUT2D eigenvalue weighted by molar-refractivity contribution is 0.111. The monoisotopic (exact) mass is 164 g/mol. The first-order valence-electron chi connectivity index (χ1n) is 3.94. The van der Waals surface area contributed by atoms with Gasteiger partial charge in [0.1, 0.15) is 11.5 Å². The van der Waals surface area contributed by atoms with Crippen molar-refractivity contribution in [3.05, 3.63) is 23.4 Å². The van der Waals surface area contributed by atoms with Gasteiger partial charge in [0.2, 0.25) is 0 Å². The Bertz CT molecular complexity index is 284. The van der Waals surface area contributed by atoms with Gasteiger partial charge in [-0.15, -0.1) is 0 Å². The molecule has 0 saturated carbocycles. The van der Waals surface area contributed by atoms with Crippen LogP contribution in [0.3, 0.4) is 0 Å². The minimum Gasteiger partial charge on any atom is -0.370 e. The Labute approximate surface area is 71.8 Å². The predicted molar refractivity (Wildman–Crippen MR) is 48.5 cm³/mol. The van der Waals surface area contributed by atoms with E-state index in [9.17, 15) is 4.79 Å². The summed E-state index contributed by atoms with van der Waals surface area (Å²) in [7, 11) is 0. The molecule has 0 saturated heterocycles. The van der Waals surface area contributed by atoms with Crippen molar-refractivity contribution in [3.63, 3.8) is 0 Å². The van der Waals surface area contributed by atoms with Crippen LogP contribution in [-0.2, 0) is 0 Å². The summed E-state index contributed by atoms with van der Waals surface area (Å²) in [5, 5.41) is 3.08. The second-order valence-corrected chi connectivity index (χ2v) is 2.55. The summed E-state index contributed by atoms with van der Waals surface area (Å²) in [4.78, 5) is 14.5. The molecular formula is C9H12N2O. The number of nitrogens with zero attached hydrogens (tertiary/aromatic N) is 1. The Morgan fingerprint density at radius 3 is 2.92 bits per heavy atom. The highest BCUT2D eigenvalue weighted by molar-refractivity contribution is 5.73. The van der Waals surface area contributed by atoms with Gasteiger partial charge in [0.05, 0.1) is 0 Å². The Morgan fingerprint density at radius 1 is 1.58 bits per heavy atom. The Kier molecular flexibility index (Phi) is 2.80. The number of hydrogen-bond acceptors (Lipinski definition) is 3. The largest absolute Gasteiger partial charge is 0.370 e. The SMILES string of the molecule is CCNc1nc(C=O)ccc1C. The second-order valence-electron chi connectivity index (χ2n) is 2.55. The van der Waals surface area contributed by atoms with Crippen LogP contribution in [0.2, 0.25) is 0 Å². The number of rotatable bonds is 3. The van der Waals surface area contributed by atoms with Gasteiger partial charge in [-0.2, -0.15) is 0 Å². The van der Waals surface area contributed by atoms with Crippen LogP contribution in [0.5, 0.6) is 0 Å². The summed E-state index contributed by atoms with van der Waals surface area (Å²) in [6, 6.07) is 3.60. The summed E-state index contributed by atoms with van der Waals surface area (Å²) < 4.78 is 0. The molecular weight excluding hydrogens is 152 g/mol. The van der Waals surface area contributed by atoms with Gasteiger partial charge in [0.15, 0.2) is 6.29 Å². The Hall–Kier alpha value is -1.38. The number of aryl methyl sites for hydroxylation is 1. The molecule has 0 radical (unpaired) electrons. The van der Waals surface area contributed by atoms with Gasteiger partial charge in [-0.3, -0.25) is 4.79 Å². The molecule has 0 spiro atoms. The van der Waals surface area contributed by atoms with Gasteiger partial charge in [0, 0.05) is 6.54 Å². The molecule has 0 amide bonds. The van der Waals surface area contributed by atoms with Gasteiger partial charge < -0.3 is 5.32 Å². The van der Waals surface area contributed by atoms with E-state index in [-0.39, 0.29) is 0 Å². The van der Waals surface area contributed by atoms with Crippen molar-refractivity contribution in [1.82, 2.24) is 4.98 Å². The van der Waals surface area contributed by atoms with Crippen molar-refractivity contribution >= 4 is 12.1 Å². The highest BCUT2D eigenvalue weighted by atomic mass is 16.1. The number of carbonyl (C=O) groups is 1. The molecule has 1 heterocycles. The number of pyridine rings is 1. The van der Waals surface area contributed by atoms with E-state index < -0.39 is 0 Å². The Morgan fingerprint density at radius 2 is 2.33 bits per heavy atom. The zero-order valence-electron chi connectivity index (χ0n) is 7.29. The minimum absolute atomic E-state index is 0.469. The molecule has 0 bridgehead atoms. The molecule has 3 heteroatoms. The molecule has 1 N–H and O–H groups in total. The first kappa shape index (κ1) is 8.71. The molecule has 0 aliphatic carbocycles. The third-order valence-corrected chi connectivity index (χ3v) is 1.58. The van der Waals surface area contributed by atoms with Crippen LogP contribution in [-0.4, -0.2) is 17.8 Å². The van der Waals surface area contributed by atoms with Gasteiger partial charge >= 0.3 is 0 Å². The topological polar surface area (TPSA) is 42.0 Å². The third-order valence-electron chi connectivity index (χ3n) is 1.58. The lowest BCUT2D eigenvalue weighted by atomic mass is 10.2. The first-order valence-corrected chi connectivity index (χ1v) is 3.94. The fraction of sp³-hybridized carbons (Fsp3) is 0.333. The highest BCUT2D eigenvalue weighted by Crippen LogP contribution is 2.10. The van der Waals surface area contributed by atoms with E-state index in [4.69, 9.17) is 0 Å². The highest BCUT2D eigenvalue weighted by Gasteiger charge is 1.98. The number of nitrogens with one attached hydrogen (secondary N) is 1. The van der Waals surface area contributed by atoms with Crippen molar-refractivity contribution < 1.29 is 4.79 Å². The Balaban J connectivity index is 2.99. The van der Waals surface area contributed by atoms with E-state index in [1.807, 2.05) is 19.9 Å². The van der Waals surface area contributed by atoms with E-state index in [1.165, 1.54) is 0 Å². The average Bonchev–Trinajstić information content (AvgIpc) is 2.09. The maximum atomic E-state index is 10.4. The summed E-state index contributed by atoms with van der Waals surface area (Å²) >= 11 is 0. The number of anilines is 1. The summed E-state index contributed by atoms with van der Waals surface area (Å²) in [5.41, 5.74) is 1.53. The predicted octanol–water partition coefficient (Wildman–Crippen LogP) is 1.63. The number of carbonyl (C=O) groups excluding carboxylic acids is 1. The van der Waals surface area contributed by atoms with Gasteiger partial charge in [-0.05, 0) is 25.5 Å². The van der Waals surface area contributed by atoms with Crippen molar-refractivity contribution in [2.24, 2.45) is 0 Å². The van der Waals surface area contributed by atoms with Crippen LogP contribution in [0, 0.1) is 6.92 Å². The van der Waals surface area contributed by atoms with E-state index in [1.54, 1.807) is 6.07 Å². The lowest BCUT2D eigenvalue weighted by Gasteiger charge is -2.05. The second kappa shape index (κ2) is 3.85. The maximum Gasteiger partial charge on any atom is 0.168 e. The fourth-order valence-corrected chi connectivity index (χ4v) is 0.956. The molecule has 1 aromatic rings. The van der Waals surface area contributed by atoms with Crippen molar-refractivity contribution in [3.8, 4) is 0 Å². The summed E-state index contributed by atoms with van der Waals surface area (Å²) in [6.07, 6.45) is 0.750. The van der Waals surface area contributed by atoms with Crippen LogP contribution in [0.25, 0.3) is 0 Å². The number of aldehydes is 1. The summed E-state index contributed by atoms with van der Waals surface area (Å²) in [5.74, 6) is 0.794. The van der Waals surface area contributed by atoms with Crippen molar-refractivity contribution in [2.45, 2.75) is 13.8 Å². The van der Waals surface area contributed by atoms with Crippen LogP contribution in [0.1, 0.15) is 23.0 Å². The van der Waals surface area contributed by atoms with Crippen LogP contribution in [0.4, 0.5) is 5.82 Å². The zero-order chi connectivity index (χ0) is 8.97. The quantitative estimate of drug-likeness (QED) is 0.690. The van der Waals surface area contributed by atoms with Gasteiger partial charge in [-0.25, -0.2) is 4.98 Å². The van der Waals surface area contributed by atoms with E-state index in [0.29, 0.717) is 5.69 Å². The third kappa shape index (κ3) is 1.81. The van der Waals surface area contributed by atoms with E-state index in [0.717, 1.165) is 24.2 Å². The average molecular weight is 164 g/mol. The van der Waals surface area contributed by atoms with Gasteiger partial charge in [-0.1, -0.05) is 6.07 Å². The number of hydrogen-bond donors (Lipinski definition) is 1. The molecule has 1 rings (SSSR count). The molecule has 3 nitrogen and oxygen atoms in total. The molecule has 0 aliphatic rings. The molecule has 0 aliphatic heterocycles. The molecule has 0 unspecified atom stereocenters. The zero-order valence-corrected chi connectivity index (χ0v) is 7.29. The molecule has 64 valence electrons. The van der Waals surface area contributed by atoms with Crippen LogP contribution in [0.15, 0.2) is 12.1 Å². The molecule has 0 fully saturated rings. The van der Waals surface area contributed by atoms with Crippen LogP contribution >= 0.6 is 0 Å². The normalized spacial score (nSPS) is 9.50. The van der Waals surface area contributed by atoms with Crippen molar-refractivity contribution in [1.29, 1.82) is 0 Å². The molecule has 0 atom stereocenters. The molecule has 1 aromatic heterocycles. The first-order chi connectivity index (χ1) is 5.77.